The second-order valence-corrected chi connectivity index (χ2v) is 6.26. The lowest BCUT2D eigenvalue weighted by atomic mass is 10.0. The van der Waals surface area contributed by atoms with E-state index in [1.807, 2.05) is 0 Å². The zero-order valence-corrected chi connectivity index (χ0v) is 14.3. The average Bonchev–Trinajstić information content (AvgIpc) is 2.49. The van der Waals surface area contributed by atoms with Gasteiger partial charge in [-0.2, -0.15) is 0 Å². The summed E-state index contributed by atoms with van der Waals surface area (Å²) >= 11 is 11.8. The highest BCUT2D eigenvalue weighted by Crippen LogP contribution is 2.30. The number of hydrogen-bond acceptors (Lipinski definition) is 2. The summed E-state index contributed by atoms with van der Waals surface area (Å²) in [6.07, 6.45) is 0. The first kappa shape index (κ1) is 17.7. The third-order valence-electron chi connectivity index (χ3n) is 3.61. The van der Waals surface area contributed by atoms with Crippen LogP contribution in [-0.2, 0) is 0 Å². The number of amides is 1. The molecule has 3 nitrogen and oxygen atoms in total. The molecule has 0 radical (unpaired) electrons. The average molecular weight is 355 g/mol. The van der Waals surface area contributed by atoms with Crippen LogP contribution in [0, 0.1) is 5.82 Å². The summed E-state index contributed by atoms with van der Waals surface area (Å²) in [5.41, 5.74) is 6.88. The molecule has 1 amide bonds. The molecule has 3 N–H and O–H groups in total. The molecule has 2 rings (SSSR count). The second-order valence-electron chi connectivity index (χ2n) is 5.44. The first-order valence-electron chi connectivity index (χ1n) is 7.11. The molecule has 0 heterocycles. The number of nitrogens with one attached hydrogen (secondary N) is 1. The zero-order valence-electron chi connectivity index (χ0n) is 12.7. The van der Waals surface area contributed by atoms with E-state index in [0.717, 1.165) is 0 Å². The molecule has 0 aliphatic heterocycles. The maximum Gasteiger partial charge on any atom is 0.251 e. The van der Waals surface area contributed by atoms with Crippen LogP contribution in [0.3, 0.4) is 0 Å². The predicted molar refractivity (Wildman–Crippen MR) is 92.4 cm³/mol. The molecule has 122 valence electrons. The van der Waals surface area contributed by atoms with E-state index >= 15 is 0 Å². The Hall–Kier alpha value is -1.62. The Bertz CT molecular complexity index is 735. The lowest BCUT2D eigenvalue weighted by Crippen LogP contribution is -2.43. The van der Waals surface area contributed by atoms with Gasteiger partial charge < -0.3 is 11.1 Å². The van der Waals surface area contributed by atoms with Crippen molar-refractivity contribution in [2.24, 2.45) is 5.73 Å². The third kappa shape index (κ3) is 4.22. The summed E-state index contributed by atoms with van der Waals surface area (Å²) in [4.78, 5) is 12.1. The Morgan fingerprint density at radius 1 is 1.13 bits per heavy atom. The van der Waals surface area contributed by atoms with Crippen LogP contribution in [0.5, 0.6) is 0 Å². The fourth-order valence-corrected chi connectivity index (χ4v) is 2.27. The number of halogens is 3. The molecule has 2 aromatic carbocycles. The van der Waals surface area contributed by atoms with Gasteiger partial charge in [-0.25, -0.2) is 4.39 Å². The molecular weight excluding hydrogens is 338 g/mol. The summed E-state index contributed by atoms with van der Waals surface area (Å²) in [5, 5.41) is 3.47. The van der Waals surface area contributed by atoms with Crippen molar-refractivity contribution in [3.63, 3.8) is 0 Å². The Labute approximate surface area is 144 Å². The van der Waals surface area contributed by atoms with Crippen LogP contribution in [0.1, 0.15) is 24.2 Å². The van der Waals surface area contributed by atoms with Crippen LogP contribution in [-0.4, -0.2) is 18.0 Å². The van der Waals surface area contributed by atoms with Crippen LogP contribution >= 0.6 is 23.2 Å². The number of nitrogens with two attached hydrogens (primary N) is 1. The number of carbonyl (C=O) groups excluding carboxylic acids is 1. The number of benzene rings is 2. The summed E-state index contributed by atoms with van der Waals surface area (Å²) < 4.78 is 14.3. The standard InChI is InChI=1S/C17H17Cl2FN2O/c1-9(21)10(2)22-17(23)12-3-5-13(16(20)8-12)11-4-6-14(18)15(19)7-11/h3-10H,21H2,1-2H3,(H,22,23). The Balaban J connectivity index is 2.27. The fraction of sp³-hybridized carbons (Fsp3) is 0.235. The molecule has 0 saturated heterocycles. The van der Waals surface area contributed by atoms with Crippen molar-refractivity contribution >= 4 is 29.1 Å². The Kier molecular flexibility index (Phi) is 5.63. The summed E-state index contributed by atoms with van der Waals surface area (Å²) in [5.74, 6) is -0.876. The molecule has 6 heteroatoms. The van der Waals surface area contributed by atoms with Crippen molar-refractivity contribution < 1.29 is 9.18 Å². The molecule has 0 bridgehead atoms. The third-order valence-corrected chi connectivity index (χ3v) is 4.35. The van der Waals surface area contributed by atoms with Crippen LogP contribution in [0.4, 0.5) is 4.39 Å². The zero-order chi connectivity index (χ0) is 17.1. The van der Waals surface area contributed by atoms with Gasteiger partial charge in [-0.3, -0.25) is 4.79 Å². The molecular formula is C17H17Cl2FN2O. The molecule has 23 heavy (non-hydrogen) atoms. The Morgan fingerprint density at radius 2 is 1.83 bits per heavy atom. The highest BCUT2D eigenvalue weighted by Gasteiger charge is 2.15. The van der Waals surface area contributed by atoms with Crippen molar-refractivity contribution in [3.8, 4) is 11.1 Å². The maximum atomic E-state index is 14.3. The molecule has 0 aromatic heterocycles. The number of hydrogen-bond donors (Lipinski definition) is 2. The minimum absolute atomic E-state index is 0.195. The van der Waals surface area contributed by atoms with Gasteiger partial charge in [0.1, 0.15) is 5.82 Å². The van der Waals surface area contributed by atoms with Gasteiger partial charge in [0.2, 0.25) is 0 Å². The number of rotatable bonds is 4. The van der Waals surface area contributed by atoms with Gasteiger partial charge in [0.25, 0.3) is 5.91 Å². The summed E-state index contributed by atoms with van der Waals surface area (Å²) in [6, 6.07) is 8.75. The lowest BCUT2D eigenvalue weighted by molar-refractivity contribution is 0.0935. The van der Waals surface area contributed by atoms with E-state index in [0.29, 0.717) is 21.2 Å². The molecule has 2 aromatic rings. The van der Waals surface area contributed by atoms with Gasteiger partial charge >= 0.3 is 0 Å². The van der Waals surface area contributed by atoms with E-state index in [4.69, 9.17) is 28.9 Å². The Morgan fingerprint density at radius 3 is 2.39 bits per heavy atom. The number of carbonyl (C=O) groups is 1. The molecule has 0 fully saturated rings. The molecule has 0 aliphatic rings. The van der Waals surface area contributed by atoms with Crippen LogP contribution in [0.2, 0.25) is 10.0 Å². The first-order chi connectivity index (χ1) is 10.8. The van der Waals surface area contributed by atoms with E-state index in [9.17, 15) is 9.18 Å². The topological polar surface area (TPSA) is 55.1 Å². The predicted octanol–water partition coefficient (Wildman–Crippen LogP) is 4.27. The largest absolute Gasteiger partial charge is 0.348 e. The highest BCUT2D eigenvalue weighted by atomic mass is 35.5. The van der Waals surface area contributed by atoms with E-state index in [1.165, 1.54) is 6.07 Å². The second kappa shape index (κ2) is 7.30. The minimum atomic E-state index is -0.510. The highest BCUT2D eigenvalue weighted by molar-refractivity contribution is 6.42. The summed E-state index contributed by atoms with van der Waals surface area (Å²) in [6.45, 7) is 3.59. The molecule has 0 aliphatic carbocycles. The van der Waals surface area contributed by atoms with Crippen molar-refractivity contribution in [2.75, 3.05) is 0 Å². The summed E-state index contributed by atoms with van der Waals surface area (Å²) in [7, 11) is 0. The maximum absolute atomic E-state index is 14.3. The van der Waals surface area contributed by atoms with Crippen molar-refractivity contribution in [1.82, 2.24) is 5.32 Å². The van der Waals surface area contributed by atoms with Crippen molar-refractivity contribution in [1.29, 1.82) is 0 Å². The smallest absolute Gasteiger partial charge is 0.251 e. The minimum Gasteiger partial charge on any atom is -0.348 e. The van der Waals surface area contributed by atoms with Crippen LogP contribution in [0.15, 0.2) is 36.4 Å². The van der Waals surface area contributed by atoms with Gasteiger partial charge in [0.15, 0.2) is 0 Å². The lowest BCUT2D eigenvalue weighted by Gasteiger charge is -2.17. The van der Waals surface area contributed by atoms with Crippen molar-refractivity contribution in [2.45, 2.75) is 25.9 Å². The molecule has 0 saturated carbocycles. The van der Waals surface area contributed by atoms with E-state index in [-0.39, 0.29) is 23.6 Å². The van der Waals surface area contributed by atoms with Crippen molar-refractivity contribution in [3.05, 3.63) is 57.8 Å². The SMILES string of the molecule is CC(N)C(C)NC(=O)c1ccc(-c2ccc(Cl)c(Cl)c2)c(F)c1. The monoisotopic (exact) mass is 354 g/mol. The molecule has 2 unspecified atom stereocenters. The van der Waals surface area contributed by atoms with E-state index in [2.05, 4.69) is 5.32 Å². The normalized spacial score (nSPS) is 13.5. The van der Waals surface area contributed by atoms with Gasteiger partial charge in [-0.15, -0.1) is 0 Å². The first-order valence-corrected chi connectivity index (χ1v) is 7.86. The van der Waals surface area contributed by atoms with Gasteiger partial charge in [0.05, 0.1) is 10.0 Å². The van der Waals surface area contributed by atoms with E-state index < -0.39 is 5.82 Å². The van der Waals surface area contributed by atoms with Crippen LogP contribution in [0.25, 0.3) is 11.1 Å². The fourth-order valence-electron chi connectivity index (χ4n) is 1.98. The molecule has 0 spiro atoms. The quantitative estimate of drug-likeness (QED) is 0.861. The van der Waals surface area contributed by atoms with Crippen LogP contribution < -0.4 is 11.1 Å². The van der Waals surface area contributed by atoms with Gasteiger partial charge in [-0.1, -0.05) is 35.3 Å². The van der Waals surface area contributed by atoms with E-state index in [1.54, 1.807) is 44.2 Å². The van der Waals surface area contributed by atoms with Gasteiger partial charge in [0, 0.05) is 23.2 Å². The van der Waals surface area contributed by atoms with Gasteiger partial charge in [-0.05, 0) is 43.7 Å². The molecule has 2 atom stereocenters.